The summed E-state index contributed by atoms with van der Waals surface area (Å²) in [5.74, 6) is -0.632. The van der Waals surface area contributed by atoms with Crippen LogP contribution in [0.25, 0.3) is 10.9 Å². The van der Waals surface area contributed by atoms with Crippen molar-refractivity contribution in [3.63, 3.8) is 0 Å². The molecule has 0 bridgehead atoms. The molecule has 3 aromatic rings. The van der Waals surface area contributed by atoms with E-state index in [2.05, 4.69) is 22.1 Å². The number of hydrogen-bond acceptors (Lipinski definition) is 4. The molecule has 1 fully saturated rings. The third-order valence-electron chi connectivity index (χ3n) is 6.00. The van der Waals surface area contributed by atoms with Gasteiger partial charge in [-0.15, -0.1) is 0 Å². The Morgan fingerprint density at radius 3 is 2.62 bits per heavy atom. The van der Waals surface area contributed by atoms with Crippen LogP contribution in [0.5, 0.6) is 0 Å². The Morgan fingerprint density at radius 1 is 1.16 bits per heavy atom. The van der Waals surface area contributed by atoms with Gasteiger partial charge >= 0.3 is 5.97 Å². The molecule has 8 heteroatoms. The van der Waals surface area contributed by atoms with Crippen molar-refractivity contribution >= 4 is 45.8 Å². The minimum atomic E-state index is -0.507. The van der Waals surface area contributed by atoms with Crippen molar-refractivity contribution in [2.45, 2.75) is 13.8 Å². The second-order valence-corrected chi connectivity index (χ2v) is 8.74. The number of ether oxygens (including phenoxy) is 1. The number of benzene rings is 2. The first-order chi connectivity index (χ1) is 15.4. The number of carbonyl (C=O) groups excluding carboxylic acids is 2. The number of esters is 1. The van der Waals surface area contributed by atoms with Crippen molar-refractivity contribution in [2.75, 3.05) is 50.1 Å². The van der Waals surface area contributed by atoms with Crippen LogP contribution in [0, 0.1) is 13.8 Å². The monoisotopic (exact) mass is 455 g/mol. The van der Waals surface area contributed by atoms with Gasteiger partial charge in [-0.2, -0.15) is 0 Å². The maximum Gasteiger partial charge on any atom is 0.356 e. The average Bonchev–Trinajstić information content (AvgIpc) is 3.13. The lowest BCUT2D eigenvalue weighted by Crippen LogP contribution is -3.15. The third kappa shape index (κ3) is 4.59. The van der Waals surface area contributed by atoms with Gasteiger partial charge in [0.25, 0.3) is 5.91 Å². The largest absolute Gasteiger partial charge is 0.464 e. The molecule has 1 amide bonds. The molecule has 0 spiro atoms. The van der Waals surface area contributed by atoms with Gasteiger partial charge in [0.1, 0.15) is 5.69 Å². The number of aromatic amines is 1. The highest BCUT2D eigenvalue weighted by atomic mass is 35.5. The number of fused-ring (bicyclic) bond motifs is 1. The fraction of sp³-hybridized carbons (Fsp3) is 0.333. The summed E-state index contributed by atoms with van der Waals surface area (Å²) in [6.45, 7) is 7.78. The number of aryl methyl sites for hydroxylation is 2. The number of H-pyrrole nitrogens is 1. The SMILES string of the molecule is COC(=O)c1[nH]c2ccc(C)cc2c1NC(=O)C[NH+]1CCN(c2cc(Cl)ccc2C)CC1. The Balaban J connectivity index is 1.44. The number of rotatable bonds is 5. The first kappa shape index (κ1) is 22.2. The second kappa shape index (κ2) is 9.22. The van der Waals surface area contributed by atoms with E-state index in [-0.39, 0.29) is 11.6 Å². The number of piperazine rings is 1. The van der Waals surface area contributed by atoms with Gasteiger partial charge in [-0.3, -0.25) is 4.79 Å². The molecular weight excluding hydrogens is 428 g/mol. The van der Waals surface area contributed by atoms with E-state index in [9.17, 15) is 9.59 Å². The van der Waals surface area contributed by atoms with E-state index in [1.165, 1.54) is 17.6 Å². The number of quaternary nitrogens is 1. The van der Waals surface area contributed by atoms with Crippen molar-refractivity contribution in [2.24, 2.45) is 0 Å². The molecule has 1 saturated heterocycles. The highest BCUT2D eigenvalue weighted by Crippen LogP contribution is 2.29. The Kier molecular flexibility index (Phi) is 6.39. The second-order valence-electron chi connectivity index (χ2n) is 8.31. The van der Waals surface area contributed by atoms with Crippen LogP contribution in [0.2, 0.25) is 5.02 Å². The van der Waals surface area contributed by atoms with Crippen LogP contribution < -0.4 is 15.1 Å². The number of methoxy groups -OCH3 is 1. The van der Waals surface area contributed by atoms with Crippen LogP contribution in [0.15, 0.2) is 36.4 Å². The lowest BCUT2D eigenvalue weighted by atomic mass is 10.1. The molecule has 4 rings (SSSR count). The molecule has 2 aromatic carbocycles. The van der Waals surface area contributed by atoms with E-state index in [1.807, 2.05) is 43.3 Å². The summed E-state index contributed by atoms with van der Waals surface area (Å²) in [4.78, 5) is 31.7. The molecule has 3 N–H and O–H groups in total. The van der Waals surface area contributed by atoms with Gasteiger partial charge in [0.2, 0.25) is 0 Å². The fourth-order valence-corrected chi connectivity index (χ4v) is 4.43. The number of nitrogens with zero attached hydrogens (tertiary/aromatic N) is 1. The van der Waals surface area contributed by atoms with Crippen molar-refractivity contribution in [1.82, 2.24) is 4.98 Å². The molecular formula is C24H28ClN4O3+. The topological polar surface area (TPSA) is 78.9 Å². The van der Waals surface area contributed by atoms with Gasteiger partial charge in [0, 0.05) is 21.6 Å². The van der Waals surface area contributed by atoms with Gasteiger partial charge < -0.3 is 24.8 Å². The molecule has 168 valence electrons. The normalized spacial score (nSPS) is 14.6. The zero-order valence-corrected chi connectivity index (χ0v) is 19.3. The van der Waals surface area contributed by atoms with E-state index < -0.39 is 5.97 Å². The lowest BCUT2D eigenvalue weighted by molar-refractivity contribution is -0.892. The number of aromatic nitrogens is 1. The summed E-state index contributed by atoms with van der Waals surface area (Å²) in [6.07, 6.45) is 0. The van der Waals surface area contributed by atoms with E-state index in [0.717, 1.165) is 53.4 Å². The zero-order valence-electron chi connectivity index (χ0n) is 18.5. The summed E-state index contributed by atoms with van der Waals surface area (Å²) in [5.41, 5.74) is 4.91. The predicted octanol–water partition coefficient (Wildman–Crippen LogP) is 2.57. The molecule has 2 heterocycles. The highest BCUT2D eigenvalue weighted by molar-refractivity contribution is 6.30. The molecule has 7 nitrogen and oxygen atoms in total. The Labute approximate surface area is 192 Å². The molecule has 0 radical (unpaired) electrons. The van der Waals surface area contributed by atoms with E-state index >= 15 is 0 Å². The third-order valence-corrected chi connectivity index (χ3v) is 6.24. The van der Waals surface area contributed by atoms with Crippen molar-refractivity contribution in [3.8, 4) is 0 Å². The molecule has 1 aromatic heterocycles. The summed E-state index contributed by atoms with van der Waals surface area (Å²) in [5, 5.41) is 4.49. The predicted molar refractivity (Wildman–Crippen MR) is 127 cm³/mol. The average molecular weight is 456 g/mol. The van der Waals surface area contributed by atoms with Crippen LogP contribution in [-0.2, 0) is 9.53 Å². The minimum absolute atomic E-state index is 0.125. The maximum atomic E-state index is 12.9. The fourth-order valence-electron chi connectivity index (χ4n) is 4.27. The lowest BCUT2D eigenvalue weighted by Gasteiger charge is -2.34. The minimum Gasteiger partial charge on any atom is -0.464 e. The summed E-state index contributed by atoms with van der Waals surface area (Å²) in [7, 11) is 1.33. The molecule has 0 aliphatic carbocycles. The molecule has 32 heavy (non-hydrogen) atoms. The Bertz CT molecular complexity index is 1170. The molecule has 0 atom stereocenters. The summed E-state index contributed by atoms with van der Waals surface area (Å²) in [6, 6.07) is 11.7. The van der Waals surface area contributed by atoms with Crippen LogP contribution >= 0.6 is 11.6 Å². The summed E-state index contributed by atoms with van der Waals surface area (Å²) >= 11 is 6.18. The van der Waals surface area contributed by atoms with Gasteiger partial charge in [-0.05, 0) is 43.7 Å². The van der Waals surface area contributed by atoms with Gasteiger partial charge in [0.05, 0.1) is 39.0 Å². The number of halogens is 1. The Hall–Kier alpha value is -3.03. The number of anilines is 2. The van der Waals surface area contributed by atoms with Gasteiger partial charge in [-0.25, -0.2) is 4.79 Å². The Morgan fingerprint density at radius 2 is 1.91 bits per heavy atom. The van der Waals surface area contributed by atoms with Gasteiger partial charge in [-0.1, -0.05) is 29.3 Å². The van der Waals surface area contributed by atoms with Crippen LogP contribution in [0.4, 0.5) is 11.4 Å². The number of amides is 1. The molecule has 1 aliphatic heterocycles. The van der Waals surface area contributed by atoms with E-state index in [1.54, 1.807) is 0 Å². The maximum absolute atomic E-state index is 12.9. The first-order valence-corrected chi connectivity index (χ1v) is 11.1. The first-order valence-electron chi connectivity index (χ1n) is 10.7. The molecule has 0 unspecified atom stereocenters. The molecule has 0 saturated carbocycles. The van der Waals surface area contributed by atoms with E-state index in [0.29, 0.717) is 12.2 Å². The van der Waals surface area contributed by atoms with E-state index in [4.69, 9.17) is 16.3 Å². The summed E-state index contributed by atoms with van der Waals surface area (Å²) < 4.78 is 4.90. The highest BCUT2D eigenvalue weighted by Gasteiger charge is 2.25. The van der Waals surface area contributed by atoms with Crippen molar-refractivity contribution in [3.05, 3.63) is 58.2 Å². The van der Waals surface area contributed by atoms with Crippen LogP contribution in [0.1, 0.15) is 21.6 Å². The number of nitrogens with one attached hydrogen (secondary N) is 3. The van der Waals surface area contributed by atoms with Crippen molar-refractivity contribution < 1.29 is 19.2 Å². The smallest absolute Gasteiger partial charge is 0.356 e. The van der Waals surface area contributed by atoms with Crippen LogP contribution in [-0.4, -0.2) is 56.7 Å². The standard InChI is InChI=1S/C24H27ClN4O3/c1-15-4-7-19-18(12-15)22(23(26-19)24(31)32-3)27-21(30)14-28-8-10-29(11-9-28)20-13-17(25)6-5-16(20)2/h4-7,12-13,26H,8-11,14H2,1-3H3,(H,27,30)/p+1. The zero-order chi connectivity index (χ0) is 22.8. The number of carbonyl (C=O) groups is 2. The van der Waals surface area contributed by atoms with Crippen LogP contribution in [0.3, 0.4) is 0 Å². The number of hydrogen-bond donors (Lipinski definition) is 3. The quantitative estimate of drug-likeness (QED) is 0.517. The molecule has 1 aliphatic rings. The van der Waals surface area contributed by atoms with Gasteiger partial charge in [0.15, 0.2) is 6.54 Å². The van der Waals surface area contributed by atoms with Crippen molar-refractivity contribution in [1.29, 1.82) is 0 Å².